The Morgan fingerprint density at radius 1 is 1.22 bits per heavy atom. The van der Waals surface area contributed by atoms with Crippen molar-refractivity contribution in [3.63, 3.8) is 0 Å². The van der Waals surface area contributed by atoms with Crippen LogP contribution in [0.3, 0.4) is 0 Å². The Morgan fingerprint density at radius 3 is 2.78 bits per heavy atom. The van der Waals surface area contributed by atoms with Crippen LogP contribution < -0.4 is 10.1 Å². The van der Waals surface area contributed by atoms with Crippen molar-refractivity contribution in [2.75, 3.05) is 6.54 Å². The number of alkyl halides is 2. The minimum Gasteiger partial charge on any atom is -0.435 e. The topological polar surface area (TPSA) is 39.1 Å². The molecule has 0 saturated carbocycles. The average molecular weight is 420 g/mol. The van der Waals surface area contributed by atoms with Gasteiger partial charge in [0.1, 0.15) is 17.2 Å². The molecule has 0 spiro atoms. The van der Waals surface area contributed by atoms with Crippen LogP contribution in [0, 0.1) is 5.82 Å². The zero-order valence-corrected chi connectivity index (χ0v) is 15.8. The fourth-order valence-electron chi connectivity index (χ4n) is 3.37. The molecule has 1 aromatic carbocycles. The van der Waals surface area contributed by atoms with E-state index in [2.05, 4.69) is 15.0 Å². The molecular formula is C18H18Cl2F3N3O. The summed E-state index contributed by atoms with van der Waals surface area (Å²) in [6.07, 6.45) is 2.61. The summed E-state index contributed by atoms with van der Waals surface area (Å²) in [6, 6.07) is 7.75. The summed E-state index contributed by atoms with van der Waals surface area (Å²) in [5.41, 5.74) is 3.54. The summed E-state index contributed by atoms with van der Waals surface area (Å²) in [4.78, 5) is 4.46. The Morgan fingerprint density at radius 2 is 2.04 bits per heavy atom. The summed E-state index contributed by atoms with van der Waals surface area (Å²) in [5.74, 6) is -0.760. The van der Waals surface area contributed by atoms with Gasteiger partial charge in [-0.25, -0.2) is 9.37 Å². The zero-order chi connectivity index (χ0) is 17.4. The number of rotatable bonds is 4. The van der Waals surface area contributed by atoms with Gasteiger partial charge >= 0.3 is 6.61 Å². The van der Waals surface area contributed by atoms with Gasteiger partial charge in [0.05, 0.1) is 6.54 Å². The van der Waals surface area contributed by atoms with Crippen LogP contribution >= 0.6 is 24.8 Å². The van der Waals surface area contributed by atoms with E-state index in [9.17, 15) is 13.2 Å². The van der Waals surface area contributed by atoms with E-state index in [0.29, 0.717) is 12.1 Å². The van der Waals surface area contributed by atoms with Crippen LogP contribution in [-0.2, 0) is 19.5 Å². The predicted molar refractivity (Wildman–Crippen MR) is 102 cm³/mol. The number of benzene rings is 1. The lowest BCUT2D eigenvalue weighted by atomic mass is 10.1. The normalized spacial score (nSPS) is 13.0. The molecular weight excluding hydrogens is 402 g/mol. The van der Waals surface area contributed by atoms with Crippen molar-refractivity contribution in [2.24, 2.45) is 0 Å². The zero-order valence-electron chi connectivity index (χ0n) is 14.1. The number of hydrogen-bond donors (Lipinski definition) is 1. The minimum atomic E-state index is -2.97. The Labute approximate surface area is 166 Å². The second-order valence-electron chi connectivity index (χ2n) is 5.94. The molecule has 4 rings (SSSR count). The molecule has 146 valence electrons. The number of nitrogens with one attached hydrogen (secondary N) is 1. The Bertz CT molecular complexity index is 934. The van der Waals surface area contributed by atoms with Gasteiger partial charge in [0.2, 0.25) is 0 Å². The Balaban J connectivity index is 0.00000131. The lowest BCUT2D eigenvalue weighted by molar-refractivity contribution is -0.0500. The third-order valence-corrected chi connectivity index (χ3v) is 4.46. The molecule has 1 aliphatic rings. The number of ether oxygens (including phenoxy) is 1. The first-order chi connectivity index (χ1) is 12.1. The highest BCUT2D eigenvalue weighted by Crippen LogP contribution is 2.29. The van der Waals surface area contributed by atoms with Crippen LogP contribution in [0.1, 0.15) is 16.8 Å². The first-order valence-electron chi connectivity index (χ1n) is 8.02. The molecule has 2 aromatic heterocycles. The van der Waals surface area contributed by atoms with E-state index in [-0.39, 0.29) is 37.1 Å². The maximum absolute atomic E-state index is 14.4. The van der Waals surface area contributed by atoms with Crippen molar-refractivity contribution in [3.05, 3.63) is 59.2 Å². The molecule has 0 fully saturated rings. The maximum atomic E-state index is 14.4. The number of halogens is 5. The first kappa shape index (κ1) is 21.3. The van der Waals surface area contributed by atoms with Gasteiger partial charge in [-0.3, -0.25) is 0 Å². The molecule has 0 aliphatic carbocycles. The van der Waals surface area contributed by atoms with Gasteiger partial charge in [0.25, 0.3) is 0 Å². The van der Waals surface area contributed by atoms with E-state index < -0.39 is 12.4 Å². The fourth-order valence-corrected chi connectivity index (χ4v) is 3.37. The smallest absolute Gasteiger partial charge is 0.387 e. The Kier molecular flexibility index (Phi) is 6.97. The van der Waals surface area contributed by atoms with Crippen molar-refractivity contribution in [1.82, 2.24) is 14.9 Å². The van der Waals surface area contributed by atoms with Crippen LogP contribution in [0.5, 0.6) is 5.75 Å². The lowest BCUT2D eigenvalue weighted by Crippen LogP contribution is -2.25. The molecule has 4 nitrogen and oxygen atoms in total. The number of pyridine rings is 1. The van der Waals surface area contributed by atoms with Gasteiger partial charge in [-0.1, -0.05) is 6.07 Å². The molecule has 0 saturated heterocycles. The van der Waals surface area contributed by atoms with Crippen LogP contribution in [0.4, 0.5) is 13.2 Å². The maximum Gasteiger partial charge on any atom is 0.387 e. The molecule has 3 aromatic rings. The second kappa shape index (κ2) is 8.82. The molecule has 0 bridgehead atoms. The molecule has 27 heavy (non-hydrogen) atoms. The van der Waals surface area contributed by atoms with Crippen LogP contribution in [-0.4, -0.2) is 22.7 Å². The van der Waals surface area contributed by atoms with Crippen molar-refractivity contribution in [2.45, 2.75) is 26.1 Å². The molecule has 1 N–H and O–H groups in total. The average Bonchev–Trinajstić information content (AvgIpc) is 2.91. The molecule has 0 amide bonds. The highest BCUT2D eigenvalue weighted by Gasteiger charge is 2.21. The van der Waals surface area contributed by atoms with E-state index in [1.807, 2.05) is 16.7 Å². The predicted octanol–water partition coefficient (Wildman–Crippen LogP) is 4.31. The van der Waals surface area contributed by atoms with Crippen molar-refractivity contribution >= 4 is 35.8 Å². The summed E-state index contributed by atoms with van der Waals surface area (Å²) in [5, 5.41) is 4.41. The van der Waals surface area contributed by atoms with Crippen molar-refractivity contribution in [3.8, 4) is 5.75 Å². The molecule has 0 atom stereocenters. The third kappa shape index (κ3) is 4.15. The van der Waals surface area contributed by atoms with E-state index in [1.54, 1.807) is 6.20 Å². The summed E-state index contributed by atoms with van der Waals surface area (Å²) >= 11 is 0. The lowest BCUT2D eigenvalue weighted by Gasteiger charge is -2.17. The second-order valence-corrected chi connectivity index (χ2v) is 5.94. The monoisotopic (exact) mass is 419 g/mol. The van der Waals surface area contributed by atoms with Crippen molar-refractivity contribution in [1.29, 1.82) is 0 Å². The summed E-state index contributed by atoms with van der Waals surface area (Å²) in [7, 11) is 0. The third-order valence-electron chi connectivity index (χ3n) is 4.46. The number of aromatic nitrogens is 2. The van der Waals surface area contributed by atoms with Gasteiger partial charge < -0.3 is 14.6 Å². The van der Waals surface area contributed by atoms with Gasteiger partial charge in [0.15, 0.2) is 0 Å². The summed E-state index contributed by atoms with van der Waals surface area (Å²) < 4.78 is 45.1. The minimum absolute atomic E-state index is 0. The van der Waals surface area contributed by atoms with Crippen LogP contribution in [0.2, 0.25) is 0 Å². The van der Waals surface area contributed by atoms with E-state index in [0.717, 1.165) is 35.8 Å². The number of nitrogens with zero attached hydrogens (tertiary/aromatic N) is 2. The summed E-state index contributed by atoms with van der Waals surface area (Å²) in [6.45, 7) is -1.10. The van der Waals surface area contributed by atoms with Gasteiger partial charge in [-0.05, 0) is 36.7 Å². The number of hydrogen-bond acceptors (Lipinski definition) is 3. The highest BCUT2D eigenvalue weighted by molar-refractivity contribution is 5.85. The molecule has 1 aliphatic heterocycles. The standard InChI is InChI=1S/C18H16F3N3O.2ClH/c19-15-8-12(25-18(20)21)4-3-11(15)10-24-16-9-22-7-5-13(16)14-2-1-6-23-17(14)24;;/h1-4,6,8,18,22H,5,7,9-10H2;2*1H. The Hall–Kier alpha value is -1.96. The quantitative estimate of drug-likeness (QED) is 0.684. The van der Waals surface area contributed by atoms with Gasteiger partial charge in [-0.15, -0.1) is 24.8 Å². The fraction of sp³-hybridized carbons (Fsp3) is 0.278. The number of fused-ring (bicyclic) bond motifs is 3. The SMILES string of the molecule is Cl.Cl.Fc1cc(OC(F)F)ccc1Cn1c2c(c3cccnc31)CCNC2. The van der Waals surface area contributed by atoms with Crippen LogP contribution in [0.15, 0.2) is 36.5 Å². The van der Waals surface area contributed by atoms with Crippen LogP contribution in [0.25, 0.3) is 11.0 Å². The first-order valence-corrected chi connectivity index (χ1v) is 8.02. The van der Waals surface area contributed by atoms with Gasteiger partial charge in [0, 0.05) is 35.5 Å². The van der Waals surface area contributed by atoms with Crippen molar-refractivity contribution < 1.29 is 17.9 Å². The molecule has 0 radical (unpaired) electrons. The van der Waals surface area contributed by atoms with E-state index in [4.69, 9.17) is 0 Å². The largest absolute Gasteiger partial charge is 0.435 e. The molecule has 0 unspecified atom stereocenters. The van der Waals surface area contributed by atoms with E-state index in [1.165, 1.54) is 17.7 Å². The van der Waals surface area contributed by atoms with E-state index >= 15 is 0 Å². The highest BCUT2D eigenvalue weighted by atomic mass is 35.5. The van der Waals surface area contributed by atoms with Gasteiger partial charge in [-0.2, -0.15) is 8.78 Å². The molecule has 3 heterocycles. The molecule has 9 heteroatoms.